The van der Waals surface area contributed by atoms with Gasteiger partial charge in [0.2, 0.25) is 0 Å². The van der Waals surface area contributed by atoms with Crippen LogP contribution in [0.3, 0.4) is 0 Å². The van der Waals surface area contributed by atoms with E-state index < -0.39 is 0 Å². The Kier molecular flexibility index (Phi) is 5.60. The molecule has 0 aromatic heterocycles. The van der Waals surface area contributed by atoms with Crippen molar-refractivity contribution in [1.29, 1.82) is 0 Å². The van der Waals surface area contributed by atoms with Crippen LogP contribution in [0.2, 0.25) is 0 Å². The number of carbonyl (C=O) groups is 1. The van der Waals surface area contributed by atoms with Gasteiger partial charge in [-0.25, -0.2) is 0 Å². The largest absolute Gasteiger partial charge is 0.398 e. The van der Waals surface area contributed by atoms with Crippen molar-refractivity contribution in [2.75, 3.05) is 43.3 Å². The number of ether oxygens (including phenoxy) is 1. The van der Waals surface area contributed by atoms with E-state index in [4.69, 9.17) is 10.5 Å². The highest BCUT2D eigenvalue weighted by Gasteiger charge is 2.09. The van der Waals surface area contributed by atoms with E-state index in [1.165, 1.54) is 0 Å². The van der Waals surface area contributed by atoms with Gasteiger partial charge in [-0.05, 0) is 42.8 Å². The standard InChI is InChI=1S/C18H23N3O2/c1-13-7-8-15(12-17(13)19)20-18(22)14-5-4-6-16(11-14)21(2)9-10-23-3/h4-8,11-12H,9-10,19H2,1-3H3,(H,20,22). The third kappa shape index (κ3) is 4.47. The molecule has 0 heterocycles. The van der Waals surface area contributed by atoms with Crippen LogP contribution < -0.4 is 16.0 Å². The summed E-state index contributed by atoms with van der Waals surface area (Å²) in [5.74, 6) is -0.157. The molecule has 2 rings (SSSR count). The molecule has 0 aliphatic rings. The van der Waals surface area contributed by atoms with Crippen LogP contribution in [0.25, 0.3) is 0 Å². The molecule has 0 bridgehead atoms. The first-order chi connectivity index (χ1) is 11.0. The summed E-state index contributed by atoms with van der Waals surface area (Å²) in [6.07, 6.45) is 0. The van der Waals surface area contributed by atoms with E-state index in [0.29, 0.717) is 23.5 Å². The Labute approximate surface area is 137 Å². The van der Waals surface area contributed by atoms with Gasteiger partial charge in [0.25, 0.3) is 5.91 Å². The van der Waals surface area contributed by atoms with Crippen LogP contribution in [0.5, 0.6) is 0 Å². The van der Waals surface area contributed by atoms with E-state index in [-0.39, 0.29) is 5.91 Å². The Morgan fingerprint density at radius 2 is 2.04 bits per heavy atom. The zero-order valence-corrected chi connectivity index (χ0v) is 13.8. The lowest BCUT2D eigenvalue weighted by Gasteiger charge is -2.19. The molecule has 0 radical (unpaired) electrons. The van der Waals surface area contributed by atoms with E-state index in [2.05, 4.69) is 5.32 Å². The molecule has 1 amide bonds. The minimum absolute atomic E-state index is 0.157. The number of hydrogen-bond acceptors (Lipinski definition) is 4. The number of rotatable bonds is 6. The van der Waals surface area contributed by atoms with Crippen LogP contribution in [0.1, 0.15) is 15.9 Å². The van der Waals surface area contributed by atoms with Crippen LogP contribution in [0, 0.1) is 6.92 Å². The average molecular weight is 313 g/mol. The number of hydrogen-bond donors (Lipinski definition) is 2. The first kappa shape index (κ1) is 16.8. The van der Waals surface area contributed by atoms with Crippen LogP contribution in [-0.2, 0) is 4.74 Å². The van der Waals surface area contributed by atoms with Crippen molar-refractivity contribution in [2.45, 2.75) is 6.92 Å². The van der Waals surface area contributed by atoms with Crippen molar-refractivity contribution in [1.82, 2.24) is 0 Å². The lowest BCUT2D eigenvalue weighted by molar-refractivity contribution is 0.102. The topological polar surface area (TPSA) is 67.6 Å². The quantitative estimate of drug-likeness (QED) is 0.805. The molecular formula is C18H23N3O2. The van der Waals surface area contributed by atoms with Gasteiger partial charge in [-0.3, -0.25) is 4.79 Å². The van der Waals surface area contributed by atoms with E-state index >= 15 is 0 Å². The fourth-order valence-electron chi connectivity index (χ4n) is 2.16. The molecule has 122 valence electrons. The van der Waals surface area contributed by atoms with Crippen LogP contribution in [0.15, 0.2) is 42.5 Å². The molecule has 0 saturated carbocycles. The smallest absolute Gasteiger partial charge is 0.255 e. The fraction of sp³-hybridized carbons (Fsp3) is 0.278. The third-order valence-corrected chi connectivity index (χ3v) is 3.72. The number of nitrogens with one attached hydrogen (secondary N) is 1. The number of carbonyl (C=O) groups excluding carboxylic acids is 1. The van der Waals surface area contributed by atoms with E-state index in [1.807, 2.05) is 49.2 Å². The molecule has 0 saturated heterocycles. The predicted octanol–water partition coefficient (Wildman–Crippen LogP) is 2.91. The molecule has 0 spiro atoms. The van der Waals surface area contributed by atoms with Crippen molar-refractivity contribution in [2.24, 2.45) is 0 Å². The SMILES string of the molecule is COCCN(C)c1cccc(C(=O)Nc2ccc(C)c(N)c2)c1. The predicted molar refractivity (Wildman–Crippen MR) is 95.1 cm³/mol. The summed E-state index contributed by atoms with van der Waals surface area (Å²) in [6, 6.07) is 13.0. The van der Waals surface area contributed by atoms with Gasteiger partial charge in [0.15, 0.2) is 0 Å². The van der Waals surface area contributed by atoms with Crippen molar-refractivity contribution in [3.8, 4) is 0 Å². The Balaban J connectivity index is 2.11. The lowest BCUT2D eigenvalue weighted by atomic mass is 10.1. The van der Waals surface area contributed by atoms with Gasteiger partial charge in [-0.15, -0.1) is 0 Å². The number of likely N-dealkylation sites (N-methyl/N-ethyl adjacent to an activating group) is 1. The van der Waals surface area contributed by atoms with E-state index in [1.54, 1.807) is 19.2 Å². The summed E-state index contributed by atoms with van der Waals surface area (Å²) >= 11 is 0. The molecule has 5 nitrogen and oxygen atoms in total. The van der Waals surface area contributed by atoms with Gasteiger partial charge >= 0.3 is 0 Å². The summed E-state index contributed by atoms with van der Waals surface area (Å²) in [5, 5.41) is 2.87. The zero-order valence-electron chi connectivity index (χ0n) is 13.8. The van der Waals surface area contributed by atoms with Crippen LogP contribution in [0.4, 0.5) is 17.1 Å². The Morgan fingerprint density at radius 3 is 2.74 bits per heavy atom. The molecule has 3 N–H and O–H groups in total. The number of aryl methyl sites for hydroxylation is 1. The highest BCUT2D eigenvalue weighted by atomic mass is 16.5. The Bertz CT molecular complexity index is 686. The van der Waals surface area contributed by atoms with Crippen LogP contribution >= 0.6 is 0 Å². The number of amides is 1. The summed E-state index contributed by atoms with van der Waals surface area (Å²) in [4.78, 5) is 14.4. The van der Waals surface area contributed by atoms with Crippen molar-refractivity contribution >= 4 is 23.0 Å². The molecule has 0 atom stereocenters. The second kappa shape index (κ2) is 7.65. The van der Waals surface area contributed by atoms with Crippen molar-refractivity contribution in [3.05, 3.63) is 53.6 Å². The van der Waals surface area contributed by atoms with Gasteiger partial charge in [-0.2, -0.15) is 0 Å². The minimum atomic E-state index is -0.157. The number of benzene rings is 2. The maximum Gasteiger partial charge on any atom is 0.255 e. The normalized spacial score (nSPS) is 10.4. The number of anilines is 3. The van der Waals surface area contributed by atoms with Crippen molar-refractivity contribution in [3.63, 3.8) is 0 Å². The van der Waals surface area contributed by atoms with Gasteiger partial charge in [0, 0.05) is 43.3 Å². The lowest BCUT2D eigenvalue weighted by Crippen LogP contribution is -2.22. The molecule has 2 aromatic rings. The third-order valence-electron chi connectivity index (χ3n) is 3.72. The molecule has 0 fully saturated rings. The molecule has 23 heavy (non-hydrogen) atoms. The van der Waals surface area contributed by atoms with Crippen molar-refractivity contribution < 1.29 is 9.53 Å². The number of methoxy groups -OCH3 is 1. The first-order valence-corrected chi connectivity index (χ1v) is 7.49. The van der Waals surface area contributed by atoms with E-state index in [9.17, 15) is 4.79 Å². The van der Waals surface area contributed by atoms with Gasteiger partial charge in [0.1, 0.15) is 0 Å². The molecule has 0 unspecified atom stereocenters. The average Bonchev–Trinajstić information content (AvgIpc) is 2.56. The summed E-state index contributed by atoms with van der Waals surface area (Å²) in [6.45, 7) is 3.33. The second-order valence-corrected chi connectivity index (χ2v) is 5.49. The summed E-state index contributed by atoms with van der Waals surface area (Å²) in [7, 11) is 3.64. The first-order valence-electron chi connectivity index (χ1n) is 7.49. The maximum absolute atomic E-state index is 12.4. The zero-order chi connectivity index (χ0) is 16.8. The molecular weight excluding hydrogens is 290 g/mol. The summed E-state index contributed by atoms with van der Waals surface area (Å²) < 4.78 is 5.08. The minimum Gasteiger partial charge on any atom is -0.398 e. The number of nitrogen functional groups attached to an aromatic ring is 1. The monoisotopic (exact) mass is 313 g/mol. The number of nitrogens with zero attached hydrogens (tertiary/aromatic N) is 1. The Morgan fingerprint density at radius 1 is 1.26 bits per heavy atom. The van der Waals surface area contributed by atoms with Gasteiger partial charge < -0.3 is 20.7 Å². The highest BCUT2D eigenvalue weighted by molar-refractivity contribution is 6.05. The molecule has 5 heteroatoms. The fourth-order valence-corrected chi connectivity index (χ4v) is 2.16. The summed E-state index contributed by atoms with van der Waals surface area (Å²) in [5.41, 5.74) is 9.79. The molecule has 0 aliphatic heterocycles. The molecule has 2 aromatic carbocycles. The van der Waals surface area contributed by atoms with Crippen LogP contribution in [-0.4, -0.2) is 33.2 Å². The molecule has 0 aliphatic carbocycles. The number of nitrogens with two attached hydrogens (primary N) is 1. The second-order valence-electron chi connectivity index (χ2n) is 5.49. The maximum atomic E-state index is 12.4. The highest BCUT2D eigenvalue weighted by Crippen LogP contribution is 2.19. The Hall–Kier alpha value is -2.53. The van der Waals surface area contributed by atoms with Gasteiger partial charge in [0.05, 0.1) is 6.61 Å². The van der Waals surface area contributed by atoms with E-state index in [0.717, 1.165) is 17.8 Å². The van der Waals surface area contributed by atoms with Gasteiger partial charge in [-0.1, -0.05) is 12.1 Å².